The van der Waals surface area contributed by atoms with Crippen LogP contribution in [-0.2, 0) is 23.3 Å². The minimum atomic E-state index is -1.16. The lowest BCUT2D eigenvalue weighted by Gasteiger charge is -2.35. The van der Waals surface area contributed by atoms with Crippen molar-refractivity contribution in [2.75, 3.05) is 11.4 Å². The van der Waals surface area contributed by atoms with E-state index in [2.05, 4.69) is 10.3 Å². The van der Waals surface area contributed by atoms with Crippen LogP contribution in [0.15, 0.2) is 66.0 Å². The summed E-state index contributed by atoms with van der Waals surface area (Å²) in [4.78, 5) is 47.8. The second-order valence-corrected chi connectivity index (χ2v) is 9.73. The van der Waals surface area contributed by atoms with Gasteiger partial charge in [0, 0.05) is 22.3 Å². The summed E-state index contributed by atoms with van der Waals surface area (Å²) in [6.45, 7) is 2.61. The van der Waals surface area contributed by atoms with Gasteiger partial charge in [0.25, 0.3) is 11.8 Å². The van der Waals surface area contributed by atoms with Crippen LogP contribution >= 0.6 is 11.3 Å². The molecular weight excluding hydrogens is 448 g/mol. The molecule has 2 aromatic carbocycles. The first-order chi connectivity index (χ1) is 16.5. The van der Waals surface area contributed by atoms with E-state index in [1.807, 2.05) is 41.8 Å². The van der Waals surface area contributed by atoms with Gasteiger partial charge in [0.05, 0.1) is 23.5 Å². The Morgan fingerprint density at radius 3 is 2.71 bits per heavy atom. The third kappa shape index (κ3) is 2.85. The standard InChI is InChI=1S/C26H22N4O3S/c1-26-22-18(17-8-2-4-10-20(17)28-22)12-13-29(26)25(33)30(24(26)32)21-11-5-3-9-19(21)23(31)27-15-16-7-6-14-34-16/h2-11,14,28H,12-13,15H2,1H3,(H,27,31)/t26-/m0/s1. The number of nitrogens with one attached hydrogen (secondary N) is 2. The third-order valence-corrected chi connectivity index (χ3v) is 7.74. The van der Waals surface area contributed by atoms with Gasteiger partial charge in [0.2, 0.25) is 0 Å². The minimum Gasteiger partial charge on any atom is -0.356 e. The minimum absolute atomic E-state index is 0.293. The number of urea groups is 1. The molecule has 8 heteroatoms. The van der Waals surface area contributed by atoms with E-state index in [-0.39, 0.29) is 11.8 Å². The molecule has 2 N–H and O–H groups in total. The molecule has 4 amide bonds. The predicted octanol–water partition coefficient (Wildman–Crippen LogP) is 4.40. The number of amides is 4. The maximum absolute atomic E-state index is 13.9. The maximum Gasteiger partial charge on any atom is 0.332 e. The van der Waals surface area contributed by atoms with E-state index >= 15 is 0 Å². The molecule has 2 aromatic heterocycles. The molecule has 2 aliphatic rings. The van der Waals surface area contributed by atoms with Crippen molar-refractivity contribution in [2.45, 2.75) is 25.4 Å². The van der Waals surface area contributed by atoms with Crippen molar-refractivity contribution < 1.29 is 14.4 Å². The Hall–Kier alpha value is -3.91. The number of aromatic amines is 1. The summed E-state index contributed by atoms with van der Waals surface area (Å²) >= 11 is 1.55. The molecule has 0 unspecified atom stereocenters. The molecule has 0 bridgehead atoms. The van der Waals surface area contributed by atoms with E-state index in [0.717, 1.165) is 27.0 Å². The average molecular weight is 471 g/mol. The number of hydrogen-bond acceptors (Lipinski definition) is 4. The first-order valence-corrected chi connectivity index (χ1v) is 12.0. The smallest absolute Gasteiger partial charge is 0.332 e. The second kappa shape index (κ2) is 7.56. The highest BCUT2D eigenvalue weighted by Gasteiger charge is 2.59. The average Bonchev–Trinajstić information content (AvgIpc) is 3.55. The molecule has 34 heavy (non-hydrogen) atoms. The van der Waals surface area contributed by atoms with Crippen LogP contribution in [0.2, 0.25) is 0 Å². The summed E-state index contributed by atoms with van der Waals surface area (Å²) in [7, 11) is 0. The van der Waals surface area contributed by atoms with E-state index in [1.54, 1.807) is 47.4 Å². The summed E-state index contributed by atoms with van der Waals surface area (Å²) in [5, 5.41) is 5.93. The first kappa shape index (κ1) is 20.7. The maximum atomic E-state index is 13.9. The van der Waals surface area contributed by atoms with Gasteiger partial charge >= 0.3 is 6.03 Å². The van der Waals surface area contributed by atoms with Crippen molar-refractivity contribution in [2.24, 2.45) is 0 Å². The highest BCUT2D eigenvalue weighted by Crippen LogP contribution is 2.45. The molecule has 0 spiro atoms. The zero-order chi connectivity index (χ0) is 23.4. The molecule has 0 aliphatic carbocycles. The number of nitrogens with zero attached hydrogens (tertiary/aromatic N) is 2. The van der Waals surface area contributed by atoms with E-state index in [9.17, 15) is 14.4 Å². The fraction of sp³-hybridized carbons (Fsp3) is 0.192. The lowest BCUT2D eigenvalue weighted by Crippen LogP contribution is -2.49. The second-order valence-electron chi connectivity index (χ2n) is 8.70. The molecule has 0 saturated carbocycles. The Kier molecular flexibility index (Phi) is 4.60. The molecule has 1 fully saturated rings. The van der Waals surface area contributed by atoms with Gasteiger partial charge in [-0.15, -0.1) is 11.3 Å². The first-order valence-electron chi connectivity index (χ1n) is 11.2. The SMILES string of the molecule is C[C@]12C(=O)N(c3ccccc3C(=O)NCc3cccs3)C(=O)N1CCc1c2[nH]c2ccccc12. The molecular formula is C26H22N4O3S. The number of benzene rings is 2. The van der Waals surface area contributed by atoms with Gasteiger partial charge in [-0.05, 0) is 48.6 Å². The molecule has 4 aromatic rings. The van der Waals surface area contributed by atoms with E-state index in [4.69, 9.17) is 0 Å². The van der Waals surface area contributed by atoms with Crippen LogP contribution in [-0.4, -0.2) is 34.3 Å². The highest BCUT2D eigenvalue weighted by molar-refractivity contribution is 7.09. The Bertz CT molecular complexity index is 1460. The van der Waals surface area contributed by atoms with Gasteiger partial charge in [-0.3, -0.25) is 9.59 Å². The van der Waals surface area contributed by atoms with Gasteiger partial charge in [-0.2, -0.15) is 0 Å². The van der Waals surface area contributed by atoms with Crippen molar-refractivity contribution >= 4 is 45.8 Å². The number of hydrogen-bond donors (Lipinski definition) is 2. The Labute approximate surface area is 200 Å². The number of thiophene rings is 1. The number of fused-ring (bicyclic) bond motifs is 5. The van der Waals surface area contributed by atoms with Crippen molar-refractivity contribution in [3.63, 3.8) is 0 Å². The van der Waals surface area contributed by atoms with Gasteiger partial charge in [-0.25, -0.2) is 9.69 Å². The summed E-state index contributed by atoms with van der Waals surface area (Å²) in [6.07, 6.45) is 0.657. The van der Waals surface area contributed by atoms with Crippen LogP contribution in [0.25, 0.3) is 10.9 Å². The van der Waals surface area contributed by atoms with E-state index < -0.39 is 11.6 Å². The quantitative estimate of drug-likeness (QED) is 0.434. The molecule has 170 valence electrons. The monoisotopic (exact) mass is 470 g/mol. The van der Waals surface area contributed by atoms with Gasteiger partial charge < -0.3 is 15.2 Å². The summed E-state index contributed by atoms with van der Waals surface area (Å²) in [6, 6.07) is 18.2. The van der Waals surface area contributed by atoms with E-state index in [0.29, 0.717) is 30.8 Å². The zero-order valence-corrected chi connectivity index (χ0v) is 19.3. The van der Waals surface area contributed by atoms with Crippen LogP contribution in [0, 0.1) is 0 Å². The highest BCUT2D eigenvalue weighted by atomic mass is 32.1. The molecule has 4 heterocycles. The third-order valence-electron chi connectivity index (χ3n) is 6.86. The van der Waals surface area contributed by atoms with E-state index in [1.165, 1.54) is 4.90 Å². The fourth-order valence-electron chi connectivity index (χ4n) is 5.14. The molecule has 0 radical (unpaired) electrons. The van der Waals surface area contributed by atoms with Gasteiger partial charge in [0.1, 0.15) is 0 Å². The van der Waals surface area contributed by atoms with Crippen LogP contribution in [0.5, 0.6) is 0 Å². The molecule has 2 aliphatic heterocycles. The summed E-state index contributed by atoms with van der Waals surface area (Å²) < 4.78 is 0. The lowest BCUT2D eigenvalue weighted by molar-refractivity contribution is -0.125. The van der Waals surface area contributed by atoms with Crippen molar-refractivity contribution in [1.82, 2.24) is 15.2 Å². The molecule has 1 saturated heterocycles. The van der Waals surface area contributed by atoms with Crippen LogP contribution in [0.1, 0.15) is 33.4 Å². The number of aromatic nitrogens is 1. The topological polar surface area (TPSA) is 85.5 Å². The fourth-order valence-corrected chi connectivity index (χ4v) is 5.79. The van der Waals surface area contributed by atoms with Crippen LogP contribution in [0.4, 0.5) is 10.5 Å². The van der Waals surface area contributed by atoms with Crippen molar-refractivity contribution in [1.29, 1.82) is 0 Å². The lowest BCUT2D eigenvalue weighted by atomic mass is 9.87. The van der Waals surface area contributed by atoms with Crippen LogP contribution in [0.3, 0.4) is 0 Å². The molecule has 6 rings (SSSR count). The number of carbonyl (C=O) groups excluding carboxylic acids is 3. The Morgan fingerprint density at radius 1 is 1.09 bits per heavy atom. The number of carbonyl (C=O) groups is 3. The molecule has 1 atom stereocenters. The molecule has 7 nitrogen and oxygen atoms in total. The zero-order valence-electron chi connectivity index (χ0n) is 18.5. The number of H-pyrrole nitrogens is 1. The normalized spacial score (nSPS) is 19.4. The summed E-state index contributed by atoms with van der Waals surface area (Å²) in [5.74, 6) is -0.686. The van der Waals surface area contributed by atoms with Crippen LogP contribution < -0.4 is 10.2 Å². The van der Waals surface area contributed by atoms with Crippen molar-refractivity contribution in [3.05, 3.63) is 87.7 Å². The Morgan fingerprint density at radius 2 is 1.88 bits per heavy atom. The van der Waals surface area contributed by atoms with Crippen molar-refractivity contribution in [3.8, 4) is 0 Å². The Balaban J connectivity index is 1.39. The predicted molar refractivity (Wildman–Crippen MR) is 131 cm³/mol. The number of para-hydroxylation sites is 2. The number of rotatable bonds is 4. The number of anilines is 1. The van der Waals surface area contributed by atoms with Gasteiger partial charge in [0.15, 0.2) is 5.54 Å². The largest absolute Gasteiger partial charge is 0.356 e. The summed E-state index contributed by atoms with van der Waals surface area (Å²) in [5.41, 5.74) is 2.20. The van der Waals surface area contributed by atoms with Gasteiger partial charge in [-0.1, -0.05) is 36.4 Å². The number of imide groups is 1.